The number of ether oxygens (including phenoxy) is 1. The molecule has 0 aliphatic carbocycles. The van der Waals surface area contributed by atoms with Crippen molar-refractivity contribution in [3.8, 4) is 0 Å². The third kappa shape index (κ3) is 41.3. The highest BCUT2D eigenvalue weighted by Crippen LogP contribution is 2.18. The van der Waals surface area contributed by atoms with E-state index in [-0.39, 0.29) is 24.9 Å². The van der Waals surface area contributed by atoms with Crippen molar-refractivity contribution in [2.24, 2.45) is 0 Å². The van der Waals surface area contributed by atoms with Gasteiger partial charge in [0.1, 0.15) is 6.10 Å². The molecule has 0 aliphatic rings. The SMILES string of the molecule is CCCCCCCC/C=C\CCCCCC(=O)OC(CCCCCCCCCCCCCC)CC(=O)NC(CO)C(O)CCCCCCCCCCCCCCCC. The van der Waals surface area contributed by atoms with Crippen LogP contribution in [0.5, 0.6) is 0 Å². The smallest absolute Gasteiger partial charge is 0.306 e. The van der Waals surface area contributed by atoms with Crippen molar-refractivity contribution in [1.82, 2.24) is 5.32 Å². The van der Waals surface area contributed by atoms with Crippen LogP contribution in [0.4, 0.5) is 0 Å². The van der Waals surface area contributed by atoms with Crippen molar-refractivity contribution in [2.45, 2.75) is 302 Å². The number of allylic oxidation sites excluding steroid dienone is 2. The number of aliphatic hydroxyl groups excluding tert-OH is 2. The van der Waals surface area contributed by atoms with Gasteiger partial charge in [-0.15, -0.1) is 0 Å². The number of aliphatic hydroxyl groups is 2. The van der Waals surface area contributed by atoms with Crippen LogP contribution in [0, 0.1) is 0 Å². The van der Waals surface area contributed by atoms with Gasteiger partial charge in [0.15, 0.2) is 0 Å². The summed E-state index contributed by atoms with van der Waals surface area (Å²) in [6.45, 7) is 6.49. The van der Waals surface area contributed by atoms with Crippen LogP contribution >= 0.6 is 0 Å². The molecule has 1 amide bonds. The first-order chi connectivity index (χ1) is 28.5. The largest absolute Gasteiger partial charge is 0.462 e. The number of hydrogen-bond donors (Lipinski definition) is 3. The third-order valence-corrected chi connectivity index (χ3v) is 12.1. The molecule has 0 saturated carbocycles. The fourth-order valence-corrected chi connectivity index (χ4v) is 8.13. The molecule has 0 aromatic rings. The zero-order valence-corrected chi connectivity index (χ0v) is 39.2. The van der Waals surface area contributed by atoms with E-state index in [4.69, 9.17) is 4.74 Å². The molecule has 6 nitrogen and oxygen atoms in total. The maximum atomic E-state index is 13.2. The molecule has 3 atom stereocenters. The van der Waals surface area contributed by atoms with Gasteiger partial charge in [-0.25, -0.2) is 0 Å². The molecule has 3 unspecified atom stereocenters. The fraction of sp³-hybridized carbons (Fsp3) is 0.923. The Morgan fingerprint density at radius 3 is 1.22 bits per heavy atom. The molecule has 0 aromatic carbocycles. The van der Waals surface area contributed by atoms with Crippen molar-refractivity contribution >= 4 is 11.9 Å². The zero-order chi connectivity index (χ0) is 42.4. The molecule has 344 valence electrons. The van der Waals surface area contributed by atoms with Crippen molar-refractivity contribution < 1.29 is 24.5 Å². The Balaban J connectivity index is 4.53. The molecular weight excluding hydrogens is 719 g/mol. The Bertz CT molecular complexity index is 878. The number of rotatable bonds is 47. The standard InChI is InChI=1S/C52H101NO5/c1-4-7-10-13-16-19-22-25-27-29-32-35-38-41-44-50(55)49(47-54)53-51(56)46-48(43-40-37-34-31-28-24-21-18-15-12-9-6-3)58-52(57)45-42-39-36-33-30-26-23-20-17-14-11-8-5-2/h26,30,48-50,54-55H,4-25,27-29,31-47H2,1-3H3,(H,53,56)/b30-26-. The van der Waals surface area contributed by atoms with Crippen LogP contribution < -0.4 is 5.32 Å². The Morgan fingerprint density at radius 2 is 0.828 bits per heavy atom. The Labute approximate surface area is 361 Å². The molecule has 0 radical (unpaired) electrons. The van der Waals surface area contributed by atoms with E-state index < -0.39 is 18.2 Å². The van der Waals surface area contributed by atoms with Gasteiger partial charge in [-0.2, -0.15) is 0 Å². The Hall–Kier alpha value is -1.40. The maximum absolute atomic E-state index is 13.2. The number of amides is 1. The van der Waals surface area contributed by atoms with Crippen molar-refractivity contribution in [1.29, 1.82) is 0 Å². The van der Waals surface area contributed by atoms with E-state index >= 15 is 0 Å². The second-order valence-corrected chi connectivity index (χ2v) is 17.9. The summed E-state index contributed by atoms with van der Waals surface area (Å²) in [6.07, 6.45) is 51.2. The van der Waals surface area contributed by atoms with Gasteiger partial charge in [0, 0.05) is 6.42 Å². The summed E-state index contributed by atoms with van der Waals surface area (Å²) in [5.74, 6) is -0.476. The lowest BCUT2D eigenvalue weighted by molar-refractivity contribution is -0.151. The van der Waals surface area contributed by atoms with E-state index in [2.05, 4.69) is 38.2 Å². The van der Waals surface area contributed by atoms with E-state index in [9.17, 15) is 19.8 Å². The first-order valence-electron chi connectivity index (χ1n) is 25.9. The normalized spacial score (nSPS) is 13.3. The van der Waals surface area contributed by atoms with E-state index in [0.717, 1.165) is 51.4 Å². The molecular formula is C52H101NO5. The van der Waals surface area contributed by atoms with E-state index in [1.165, 1.54) is 186 Å². The molecule has 0 spiro atoms. The monoisotopic (exact) mass is 820 g/mol. The molecule has 0 aliphatic heterocycles. The summed E-state index contributed by atoms with van der Waals surface area (Å²) < 4.78 is 5.92. The van der Waals surface area contributed by atoms with Crippen molar-refractivity contribution in [3.05, 3.63) is 12.2 Å². The van der Waals surface area contributed by atoms with Crippen LogP contribution in [0.2, 0.25) is 0 Å². The summed E-state index contributed by atoms with van der Waals surface area (Å²) in [5.41, 5.74) is 0. The quantitative estimate of drug-likeness (QED) is 0.0323. The number of nitrogens with one attached hydrogen (secondary N) is 1. The minimum Gasteiger partial charge on any atom is -0.462 e. The van der Waals surface area contributed by atoms with Crippen LogP contribution in [0.25, 0.3) is 0 Å². The summed E-state index contributed by atoms with van der Waals surface area (Å²) in [7, 11) is 0. The van der Waals surface area contributed by atoms with Gasteiger partial charge in [0.05, 0.1) is 25.2 Å². The van der Waals surface area contributed by atoms with Gasteiger partial charge in [-0.1, -0.05) is 232 Å². The lowest BCUT2D eigenvalue weighted by Gasteiger charge is -2.24. The van der Waals surface area contributed by atoms with Crippen LogP contribution in [0.3, 0.4) is 0 Å². The van der Waals surface area contributed by atoms with E-state index in [1.807, 2.05) is 0 Å². The summed E-state index contributed by atoms with van der Waals surface area (Å²) in [6, 6.07) is -0.697. The predicted octanol–water partition coefficient (Wildman–Crippen LogP) is 15.3. The lowest BCUT2D eigenvalue weighted by atomic mass is 10.0. The van der Waals surface area contributed by atoms with Gasteiger partial charge < -0.3 is 20.3 Å². The summed E-state index contributed by atoms with van der Waals surface area (Å²) >= 11 is 0. The first-order valence-corrected chi connectivity index (χ1v) is 25.9. The highest BCUT2D eigenvalue weighted by atomic mass is 16.5. The number of unbranched alkanes of at least 4 members (excludes halogenated alkanes) is 33. The zero-order valence-electron chi connectivity index (χ0n) is 39.2. The van der Waals surface area contributed by atoms with E-state index in [0.29, 0.717) is 19.3 Å². The Morgan fingerprint density at radius 1 is 0.483 bits per heavy atom. The molecule has 0 aromatic heterocycles. The fourth-order valence-electron chi connectivity index (χ4n) is 8.13. The lowest BCUT2D eigenvalue weighted by Crippen LogP contribution is -2.46. The second-order valence-electron chi connectivity index (χ2n) is 17.9. The topological polar surface area (TPSA) is 95.9 Å². The van der Waals surface area contributed by atoms with E-state index in [1.54, 1.807) is 0 Å². The number of hydrogen-bond acceptors (Lipinski definition) is 5. The number of esters is 1. The first kappa shape index (κ1) is 56.6. The average molecular weight is 820 g/mol. The highest BCUT2D eigenvalue weighted by molar-refractivity contribution is 5.77. The van der Waals surface area contributed by atoms with Gasteiger partial charge in [0.2, 0.25) is 5.91 Å². The van der Waals surface area contributed by atoms with Crippen LogP contribution in [-0.2, 0) is 14.3 Å². The van der Waals surface area contributed by atoms with Gasteiger partial charge >= 0.3 is 5.97 Å². The highest BCUT2D eigenvalue weighted by Gasteiger charge is 2.24. The third-order valence-electron chi connectivity index (χ3n) is 12.1. The molecule has 0 bridgehead atoms. The van der Waals surface area contributed by atoms with Crippen LogP contribution in [0.1, 0.15) is 284 Å². The molecule has 0 heterocycles. The molecule has 3 N–H and O–H groups in total. The van der Waals surface area contributed by atoms with Gasteiger partial charge in [0.25, 0.3) is 0 Å². The molecule has 0 saturated heterocycles. The van der Waals surface area contributed by atoms with Crippen LogP contribution in [-0.4, -0.2) is 46.9 Å². The molecule has 0 rings (SSSR count). The van der Waals surface area contributed by atoms with Crippen molar-refractivity contribution in [3.63, 3.8) is 0 Å². The molecule has 0 fully saturated rings. The number of carbonyl (C=O) groups excluding carboxylic acids is 2. The summed E-state index contributed by atoms with van der Waals surface area (Å²) in [5, 5.41) is 23.8. The minimum absolute atomic E-state index is 0.0786. The van der Waals surface area contributed by atoms with Gasteiger partial charge in [-0.3, -0.25) is 9.59 Å². The summed E-state index contributed by atoms with van der Waals surface area (Å²) in [4.78, 5) is 26.1. The van der Waals surface area contributed by atoms with Crippen molar-refractivity contribution in [2.75, 3.05) is 6.61 Å². The number of carbonyl (C=O) groups is 2. The molecule has 58 heavy (non-hydrogen) atoms. The molecule has 6 heteroatoms. The average Bonchev–Trinajstić information content (AvgIpc) is 3.22. The van der Waals surface area contributed by atoms with Crippen LogP contribution in [0.15, 0.2) is 12.2 Å². The minimum atomic E-state index is -0.783. The predicted molar refractivity (Wildman–Crippen MR) is 250 cm³/mol. The van der Waals surface area contributed by atoms with Gasteiger partial charge in [-0.05, 0) is 51.4 Å². The second kappa shape index (κ2) is 46.7. The Kier molecular flexibility index (Phi) is 45.5. The maximum Gasteiger partial charge on any atom is 0.306 e.